The molecule has 1 aromatic heterocycles. The molecule has 0 spiro atoms. The number of fused-ring (bicyclic) bond motifs is 2. The van der Waals surface area contributed by atoms with Crippen molar-refractivity contribution >= 4 is 11.8 Å². The van der Waals surface area contributed by atoms with Crippen LogP contribution >= 0.6 is 0 Å². The number of rotatable bonds is 5. The highest BCUT2D eigenvalue weighted by molar-refractivity contribution is 5.98. The Kier molecular flexibility index (Phi) is 5.38. The van der Waals surface area contributed by atoms with E-state index >= 15 is 0 Å². The third kappa shape index (κ3) is 3.77. The number of aromatic nitrogens is 1. The lowest BCUT2D eigenvalue weighted by atomic mass is 9.95. The van der Waals surface area contributed by atoms with E-state index in [1.165, 1.54) is 0 Å². The molecule has 4 rings (SSSR count). The molecule has 0 radical (unpaired) electrons. The minimum Gasteiger partial charge on any atom is -0.497 e. The Morgan fingerprint density at radius 2 is 1.72 bits per heavy atom. The van der Waals surface area contributed by atoms with Crippen LogP contribution in [0, 0.1) is 0 Å². The Labute approximate surface area is 170 Å². The Balaban J connectivity index is 1.47. The summed E-state index contributed by atoms with van der Waals surface area (Å²) in [6, 6.07) is 8.99. The number of ether oxygens (including phenoxy) is 2. The molecule has 2 fully saturated rings. The fourth-order valence-corrected chi connectivity index (χ4v) is 4.51. The van der Waals surface area contributed by atoms with E-state index in [4.69, 9.17) is 9.47 Å². The zero-order chi connectivity index (χ0) is 20.4. The molecular formula is C22H25N3O4. The van der Waals surface area contributed by atoms with E-state index in [0.717, 1.165) is 25.7 Å². The van der Waals surface area contributed by atoms with Crippen LogP contribution in [0.3, 0.4) is 0 Å². The summed E-state index contributed by atoms with van der Waals surface area (Å²) in [5.41, 5.74) is 1.15. The predicted molar refractivity (Wildman–Crippen MR) is 107 cm³/mol. The summed E-state index contributed by atoms with van der Waals surface area (Å²) in [5, 5.41) is 3.13. The van der Waals surface area contributed by atoms with Gasteiger partial charge in [-0.3, -0.25) is 14.6 Å². The second-order valence-electron chi connectivity index (χ2n) is 7.54. The smallest absolute Gasteiger partial charge is 0.258 e. The molecule has 7 nitrogen and oxygen atoms in total. The Hall–Kier alpha value is -3.09. The summed E-state index contributed by atoms with van der Waals surface area (Å²) in [6.07, 6.45) is 6.66. The molecule has 3 heterocycles. The average Bonchev–Trinajstić information content (AvgIpc) is 3.03. The molecule has 2 amide bonds. The van der Waals surface area contributed by atoms with Crippen LogP contribution < -0.4 is 14.8 Å². The zero-order valence-electron chi connectivity index (χ0n) is 16.6. The number of carbonyl (C=O) groups excluding carboxylic acids is 2. The van der Waals surface area contributed by atoms with Gasteiger partial charge in [0.1, 0.15) is 11.5 Å². The van der Waals surface area contributed by atoms with Crippen molar-refractivity contribution in [3.63, 3.8) is 0 Å². The molecule has 1 aromatic carbocycles. The topological polar surface area (TPSA) is 80.8 Å². The first kappa shape index (κ1) is 19.2. The maximum absolute atomic E-state index is 13.3. The molecule has 7 heteroatoms. The van der Waals surface area contributed by atoms with Gasteiger partial charge in [-0.25, -0.2) is 0 Å². The molecule has 2 atom stereocenters. The van der Waals surface area contributed by atoms with Crippen LogP contribution in [0.5, 0.6) is 11.5 Å². The van der Waals surface area contributed by atoms with Gasteiger partial charge in [-0.1, -0.05) is 0 Å². The first-order valence-electron chi connectivity index (χ1n) is 9.86. The van der Waals surface area contributed by atoms with Crippen LogP contribution in [-0.2, 0) is 0 Å². The van der Waals surface area contributed by atoms with Crippen molar-refractivity contribution in [1.82, 2.24) is 15.2 Å². The lowest BCUT2D eigenvalue weighted by Gasteiger charge is -2.39. The SMILES string of the molecule is COc1ccc(C(=O)N2C3CCC2CC(NC(=O)c2ccncc2)C3)c(OC)c1. The number of hydrogen-bond acceptors (Lipinski definition) is 5. The van der Waals surface area contributed by atoms with Gasteiger partial charge in [0, 0.05) is 42.1 Å². The zero-order valence-corrected chi connectivity index (χ0v) is 16.6. The second kappa shape index (κ2) is 8.11. The highest BCUT2D eigenvalue weighted by Crippen LogP contribution is 2.38. The summed E-state index contributed by atoms with van der Waals surface area (Å²) < 4.78 is 10.7. The van der Waals surface area contributed by atoms with Gasteiger partial charge < -0.3 is 19.7 Å². The van der Waals surface area contributed by atoms with Gasteiger partial charge in [0.15, 0.2) is 0 Å². The van der Waals surface area contributed by atoms with Gasteiger partial charge >= 0.3 is 0 Å². The number of hydrogen-bond donors (Lipinski definition) is 1. The van der Waals surface area contributed by atoms with Crippen LogP contribution in [-0.4, -0.2) is 54.0 Å². The van der Waals surface area contributed by atoms with Gasteiger partial charge in [0.05, 0.1) is 19.8 Å². The van der Waals surface area contributed by atoms with Crippen LogP contribution in [0.1, 0.15) is 46.4 Å². The van der Waals surface area contributed by atoms with E-state index < -0.39 is 0 Å². The van der Waals surface area contributed by atoms with Crippen molar-refractivity contribution in [3.05, 3.63) is 53.9 Å². The van der Waals surface area contributed by atoms with E-state index in [1.54, 1.807) is 56.9 Å². The van der Waals surface area contributed by atoms with Crippen LogP contribution in [0.2, 0.25) is 0 Å². The largest absolute Gasteiger partial charge is 0.497 e. The van der Waals surface area contributed by atoms with Crippen molar-refractivity contribution in [1.29, 1.82) is 0 Å². The maximum Gasteiger partial charge on any atom is 0.258 e. The normalized spacial score (nSPS) is 22.8. The molecule has 2 bridgehead atoms. The molecule has 2 aromatic rings. The Bertz CT molecular complexity index is 888. The van der Waals surface area contributed by atoms with E-state index in [0.29, 0.717) is 22.6 Å². The number of benzene rings is 1. The van der Waals surface area contributed by atoms with Crippen molar-refractivity contribution in [2.24, 2.45) is 0 Å². The van der Waals surface area contributed by atoms with Crippen LogP contribution in [0.15, 0.2) is 42.7 Å². The molecule has 0 aliphatic carbocycles. The lowest BCUT2D eigenvalue weighted by Crippen LogP contribution is -2.52. The second-order valence-corrected chi connectivity index (χ2v) is 7.54. The van der Waals surface area contributed by atoms with Crippen LogP contribution in [0.25, 0.3) is 0 Å². The van der Waals surface area contributed by atoms with Crippen LogP contribution in [0.4, 0.5) is 0 Å². The number of piperidine rings is 1. The molecule has 0 saturated carbocycles. The summed E-state index contributed by atoms with van der Waals surface area (Å²) in [4.78, 5) is 31.7. The Morgan fingerprint density at radius 1 is 1.03 bits per heavy atom. The fourth-order valence-electron chi connectivity index (χ4n) is 4.51. The molecule has 1 N–H and O–H groups in total. The number of nitrogens with zero attached hydrogens (tertiary/aromatic N) is 2. The minimum atomic E-state index is -0.0894. The summed E-state index contributed by atoms with van der Waals surface area (Å²) in [6.45, 7) is 0. The van der Waals surface area contributed by atoms with Gasteiger partial charge in [-0.05, 0) is 49.9 Å². The predicted octanol–water partition coefficient (Wildman–Crippen LogP) is 2.66. The maximum atomic E-state index is 13.3. The van der Waals surface area contributed by atoms with Gasteiger partial charge in [-0.15, -0.1) is 0 Å². The van der Waals surface area contributed by atoms with Gasteiger partial charge in [-0.2, -0.15) is 0 Å². The van der Waals surface area contributed by atoms with Gasteiger partial charge in [0.25, 0.3) is 11.8 Å². The summed E-state index contributed by atoms with van der Waals surface area (Å²) in [5.74, 6) is 1.06. The van der Waals surface area contributed by atoms with E-state index in [1.807, 2.05) is 4.90 Å². The number of pyridine rings is 1. The third-order valence-electron chi connectivity index (χ3n) is 5.88. The molecule has 2 aliphatic heterocycles. The van der Waals surface area contributed by atoms with E-state index in [9.17, 15) is 9.59 Å². The number of nitrogens with one attached hydrogen (secondary N) is 1. The molecule has 152 valence electrons. The van der Waals surface area contributed by atoms with E-state index in [2.05, 4.69) is 10.3 Å². The molecule has 2 unspecified atom stereocenters. The highest BCUT2D eigenvalue weighted by Gasteiger charge is 2.44. The standard InChI is InChI=1S/C22H25N3O4/c1-28-18-5-6-19(20(13-18)29-2)22(27)25-16-3-4-17(25)12-15(11-16)24-21(26)14-7-9-23-10-8-14/h5-10,13,15-17H,3-4,11-12H2,1-2H3,(H,24,26). The molecule has 29 heavy (non-hydrogen) atoms. The molecule has 2 saturated heterocycles. The summed E-state index contributed by atoms with van der Waals surface area (Å²) >= 11 is 0. The average molecular weight is 395 g/mol. The first-order chi connectivity index (χ1) is 14.1. The lowest BCUT2D eigenvalue weighted by molar-refractivity contribution is 0.0546. The van der Waals surface area contributed by atoms with Crippen molar-refractivity contribution in [3.8, 4) is 11.5 Å². The van der Waals surface area contributed by atoms with Gasteiger partial charge in [0.2, 0.25) is 0 Å². The number of methoxy groups -OCH3 is 2. The monoisotopic (exact) mass is 395 g/mol. The molecular weight excluding hydrogens is 370 g/mol. The highest BCUT2D eigenvalue weighted by atomic mass is 16.5. The molecule has 2 aliphatic rings. The number of carbonyl (C=O) groups is 2. The van der Waals surface area contributed by atoms with Crippen molar-refractivity contribution in [2.45, 2.75) is 43.8 Å². The van der Waals surface area contributed by atoms with Crippen molar-refractivity contribution in [2.75, 3.05) is 14.2 Å². The number of amides is 2. The minimum absolute atomic E-state index is 0.0177. The first-order valence-corrected chi connectivity index (χ1v) is 9.86. The Morgan fingerprint density at radius 3 is 2.34 bits per heavy atom. The third-order valence-corrected chi connectivity index (χ3v) is 5.88. The summed E-state index contributed by atoms with van der Waals surface area (Å²) in [7, 11) is 3.14. The van der Waals surface area contributed by atoms with E-state index in [-0.39, 0.29) is 29.9 Å². The quantitative estimate of drug-likeness (QED) is 0.842. The van der Waals surface area contributed by atoms with Crippen molar-refractivity contribution < 1.29 is 19.1 Å². The fraction of sp³-hybridized carbons (Fsp3) is 0.409.